The van der Waals surface area contributed by atoms with Crippen molar-refractivity contribution in [2.45, 2.75) is 13.3 Å². The predicted molar refractivity (Wildman–Crippen MR) is 61.2 cm³/mol. The van der Waals surface area contributed by atoms with Crippen molar-refractivity contribution in [1.82, 2.24) is 0 Å². The summed E-state index contributed by atoms with van der Waals surface area (Å²) in [5, 5.41) is 17.9. The van der Waals surface area contributed by atoms with E-state index in [0.717, 1.165) is 12.0 Å². The van der Waals surface area contributed by atoms with Crippen molar-refractivity contribution in [2.75, 3.05) is 6.61 Å². The van der Waals surface area contributed by atoms with Crippen LogP contribution < -0.4 is 10.2 Å². The molecule has 0 amide bonds. The molecule has 1 aromatic carbocycles. The maximum atomic E-state index is 8.95. The normalized spacial score (nSPS) is 9.80. The highest BCUT2D eigenvalue weighted by atomic mass is 16.5. The van der Waals surface area contributed by atoms with Crippen LogP contribution >= 0.6 is 0 Å². The number of hydrogen-bond acceptors (Lipinski definition) is 3. The molecule has 3 nitrogen and oxygen atoms in total. The lowest BCUT2D eigenvalue weighted by Crippen LogP contribution is -2.29. The number of hydrogen-bond donors (Lipinski definition) is 2. The van der Waals surface area contributed by atoms with Gasteiger partial charge in [-0.2, -0.15) is 0 Å². The van der Waals surface area contributed by atoms with Gasteiger partial charge in [0.1, 0.15) is 5.75 Å². The summed E-state index contributed by atoms with van der Waals surface area (Å²) in [4.78, 5) is 0. The van der Waals surface area contributed by atoms with Crippen LogP contribution in [0.15, 0.2) is 36.4 Å². The van der Waals surface area contributed by atoms with E-state index in [0.29, 0.717) is 17.8 Å². The lowest BCUT2D eigenvalue weighted by molar-refractivity contribution is 0.321. The van der Waals surface area contributed by atoms with Crippen LogP contribution in [-0.2, 0) is 0 Å². The fraction of sp³-hybridized carbons (Fsp3) is 0.273. The Morgan fingerprint density at radius 3 is 2.80 bits per heavy atom. The first-order chi connectivity index (χ1) is 7.09. The van der Waals surface area contributed by atoms with Crippen molar-refractivity contribution < 1.29 is 14.8 Å². The molecule has 0 saturated heterocycles. The number of rotatable bonds is 5. The summed E-state index contributed by atoms with van der Waals surface area (Å²) in [7, 11) is -1.45. The molecule has 0 atom stereocenters. The van der Waals surface area contributed by atoms with Crippen LogP contribution in [-0.4, -0.2) is 23.8 Å². The lowest BCUT2D eigenvalue weighted by atomic mass is 9.80. The van der Waals surface area contributed by atoms with E-state index in [-0.39, 0.29) is 0 Å². The zero-order valence-corrected chi connectivity index (χ0v) is 8.81. The van der Waals surface area contributed by atoms with Crippen LogP contribution in [0.25, 0.3) is 0 Å². The van der Waals surface area contributed by atoms with E-state index < -0.39 is 7.12 Å². The van der Waals surface area contributed by atoms with Crippen LogP contribution in [0.4, 0.5) is 0 Å². The molecule has 0 aromatic heterocycles. The summed E-state index contributed by atoms with van der Waals surface area (Å²) in [5.74, 6) is 0.641. The van der Waals surface area contributed by atoms with E-state index >= 15 is 0 Å². The standard InChI is InChI=1S/C11H15BO3/c1-9(2)6-7-15-11-5-3-4-10(8-11)12(13)14/h3-5,8,13-14H,1,6-7H2,2H3. The predicted octanol–water partition coefficient (Wildman–Crippen LogP) is 0.711. The quantitative estimate of drug-likeness (QED) is 0.551. The zero-order valence-electron chi connectivity index (χ0n) is 8.81. The highest BCUT2D eigenvalue weighted by molar-refractivity contribution is 6.58. The third kappa shape index (κ3) is 4.19. The minimum Gasteiger partial charge on any atom is -0.493 e. The second-order valence-electron chi connectivity index (χ2n) is 3.50. The number of benzene rings is 1. The van der Waals surface area contributed by atoms with Gasteiger partial charge in [0.15, 0.2) is 0 Å². The van der Waals surface area contributed by atoms with Gasteiger partial charge in [0.05, 0.1) is 6.61 Å². The van der Waals surface area contributed by atoms with Crippen molar-refractivity contribution >= 4 is 12.6 Å². The van der Waals surface area contributed by atoms with E-state index in [4.69, 9.17) is 14.8 Å². The molecule has 0 aliphatic rings. The molecule has 0 heterocycles. The first kappa shape index (κ1) is 11.8. The Bertz CT molecular complexity index is 336. The Morgan fingerprint density at radius 1 is 1.47 bits per heavy atom. The Labute approximate surface area is 90.2 Å². The smallest absolute Gasteiger partial charge is 0.488 e. The average Bonchev–Trinajstić information content (AvgIpc) is 2.17. The minimum absolute atomic E-state index is 0.433. The van der Waals surface area contributed by atoms with Gasteiger partial charge < -0.3 is 14.8 Å². The molecular formula is C11H15BO3. The van der Waals surface area contributed by atoms with Gasteiger partial charge in [-0.3, -0.25) is 0 Å². The van der Waals surface area contributed by atoms with E-state index in [1.807, 2.05) is 6.92 Å². The molecule has 0 aliphatic carbocycles. The highest BCUT2D eigenvalue weighted by Gasteiger charge is 2.10. The van der Waals surface area contributed by atoms with E-state index in [1.165, 1.54) is 0 Å². The van der Waals surface area contributed by atoms with Gasteiger partial charge in [0.25, 0.3) is 0 Å². The lowest BCUT2D eigenvalue weighted by Gasteiger charge is -2.07. The summed E-state index contributed by atoms with van der Waals surface area (Å²) >= 11 is 0. The van der Waals surface area contributed by atoms with Crippen molar-refractivity contribution in [3.8, 4) is 5.75 Å². The van der Waals surface area contributed by atoms with Crippen molar-refractivity contribution in [2.24, 2.45) is 0 Å². The third-order valence-electron chi connectivity index (χ3n) is 1.95. The molecule has 80 valence electrons. The van der Waals surface area contributed by atoms with Crippen LogP contribution in [0.5, 0.6) is 5.75 Å². The van der Waals surface area contributed by atoms with Gasteiger partial charge >= 0.3 is 7.12 Å². The second kappa shape index (κ2) is 5.58. The molecule has 0 spiro atoms. The molecular weight excluding hydrogens is 191 g/mol. The average molecular weight is 206 g/mol. The molecule has 0 bridgehead atoms. The van der Waals surface area contributed by atoms with Crippen LogP contribution in [0.2, 0.25) is 0 Å². The van der Waals surface area contributed by atoms with Gasteiger partial charge in [-0.05, 0) is 24.5 Å². The Kier molecular flexibility index (Phi) is 4.40. The summed E-state index contributed by atoms with van der Waals surface area (Å²) in [6, 6.07) is 6.76. The Morgan fingerprint density at radius 2 is 2.20 bits per heavy atom. The van der Waals surface area contributed by atoms with Gasteiger partial charge in [-0.1, -0.05) is 17.7 Å². The largest absolute Gasteiger partial charge is 0.493 e. The Balaban J connectivity index is 2.54. The van der Waals surface area contributed by atoms with E-state index in [2.05, 4.69) is 6.58 Å². The van der Waals surface area contributed by atoms with Gasteiger partial charge in [-0.15, -0.1) is 6.58 Å². The second-order valence-corrected chi connectivity index (χ2v) is 3.50. The summed E-state index contributed by atoms with van der Waals surface area (Å²) < 4.78 is 5.42. The first-order valence-electron chi connectivity index (χ1n) is 4.83. The maximum absolute atomic E-state index is 8.95. The molecule has 0 saturated carbocycles. The van der Waals surface area contributed by atoms with E-state index in [9.17, 15) is 0 Å². The number of ether oxygens (including phenoxy) is 1. The molecule has 1 rings (SSSR count). The SMILES string of the molecule is C=C(C)CCOc1cccc(B(O)O)c1. The van der Waals surface area contributed by atoms with Gasteiger partial charge in [-0.25, -0.2) is 0 Å². The van der Waals surface area contributed by atoms with Crippen molar-refractivity contribution in [3.05, 3.63) is 36.4 Å². The van der Waals surface area contributed by atoms with Crippen LogP contribution in [0.3, 0.4) is 0 Å². The fourth-order valence-corrected chi connectivity index (χ4v) is 1.11. The monoisotopic (exact) mass is 206 g/mol. The molecule has 1 aromatic rings. The van der Waals surface area contributed by atoms with E-state index in [1.54, 1.807) is 24.3 Å². The van der Waals surface area contributed by atoms with Crippen molar-refractivity contribution in [1.29, 1.82) is 0 Å². The molecule has 2 N–H and O–H groups in total. The summed E-state index contributed by atoms with van der Waals surface area (Å²) in [5.41, 5.74) is 1.50. The Hall–Kier alpha value is -1.26. The topological polar surface area (TPSA) is 49.7 Å². The minimum atomic E-state index is -1.45. The van der Waals surface area contributed by atoms with Crippen LogP contribution in [0.1, 0.15) is 13.3 Å². The fourth-order valence-electron chi connectivity index (χ4n) is 1.11. The molecule has 0 unspecified atom stereocenters. The molecule has 0 radical (unpaired) electrons. The van der Waals surface area contributed by atoms with Crippen molar-refractivity contribution in [3.63, 3.8) is 0 Å². The van der Waals surface area contributed by atoms with Gasteiger partial charge in [0, 0.05) is 6.42 Å². The maximum Gasteiger partial charge on any atom is 0.488 e. The molecule has 15 heavy (non-hydrogen) atoms. The summed E-state index contributed by atoms with van der Waals surface area (Å²) in [6.07, 6.45) is 0.798. The molecule has 4 heteroatoms. The molecule has 0 fully saturated rings. The zero-order chi connectivity index (χ0) is 11.3. The first-order valence-corrected chi connectivity index (χ1v) is 4.83. The van der Waals surface area contributed by atoms with Crippen LogP contribution in [0, 0.1) is 0 Å². The third-order valence-corrected chi connectivity index (χ3v) is 1.95. The van der Waals surface area contributed by atoms with Gasteiger partial charge in [0.2, 0.25) is 0 Å². The molecule has 0 aliphatic heterocycles. The highest BCUT2D eigenvalue weighted by Crippen LogP contribution is 2.08. The summed E-state index contributed by atoms with van der Waals surface area (Å²) in [6.45, 7) is 6.27.